The Morgan fingerprint density at radius 1 is 1.16 bits per heavy atom. The van der Waals surface area contributed by atoms with Gasteiger partial charge in [-0.2, -0.15) is 0 Å². The molecule has 4 N–H and O–H groups in total. The number of esters is 1. The van der Waals surface area contributed by atoms with E-state index in [1.54, 1.807) is 0 Å². The van der Waals surface area contributed by atoms with E-state index in [0.717, 1.165) is 24.1 Å². The molecule has 8 nitrogen and oxygen atoms in total. The first-order valence-corrected chi connectivity index (χ1v) is 13.5. The van der Waals surface area contributed by atoms with Crippen LogP contribution in [-0.2, 0) is 19.8 Å². The lowest BCUT2D eigenvalue weighted by Gasteiger charge is -2.52. The van der Waals surface area contributed by atoms with E-state index in [1.807, 2.05) is 73.6 Å². The zero-order chi connectivity index (χ0) is 27.8. The van der Waals surface area contributed by atoms with Gasteiger partial charge in [0, 0.05) is 12.0 Å². The number of thiocarbonyl (C=S) groups is 1. The van der Waals surface area contributed by atoms with E-state index in [4.69, 9.17) is 32.2 Å². The van der Waals surface area contributed by atoms with Crippen LogP contribution in [0.2, 0.25) is 0 Å². The van der Waals surface area contributed by atoms with Crippen molar-refractivity contribution < 1.29 is 23.8 Å². The van der Waals surface area contributed by atoms with Crippen LogP contribution in [0.1, 0.15) is 86.6 Å². The molecule has 0 saturated heterocycles. The molecule has 206 valence electrons. The van der Waals surface area contributed by atoms with Gasteiger partial charge in [0.1, 0.15) is 28.0 Å². The molecule has 1 saturated carbocycles. The summed E-state index contributed by atoms with van der Waals surface area (Å²) in [7, 11) is 0. The number of fused-ring (bicyclic) bond motifs is 1. The number of amides is 1. The van der Waals surface area contributed by atoms with Gasteiger partial charge in [0.25, 0.3) is 0 Å². The Kier molecular flexibility index (Phi) is 8.20. The van der Waals surface area contributed by atoms with Crippen LogP contribution in [0, 0.1) is 11.3 Å². The molecule has 1 heterocycles. The number of hydrogen-bond acceptors (Lipinski definition) is 7. The molecule has 1 aliphatic carbocycles. The van der Waals surface area contributed by atoms with Gasteiger partial charge in [-0.05, 0) is 92.3 Å². The predicted molar refractivity (Wildman–Crippen MR) is 149 cm³/mol. The van der Waals surface area contributed by atoms with E-state index < -0.39 is 28.2 Å². The van der Waals surface area contributed by atoms with E-state index >= 15 is 0 Å². The normalized spacial score (nSPS) is 25.6. The molecule has 2 aliphatic rings. The van der Waals surface area contributed by atoms with Crippen molar-refractivity contribution in [1.29, 1.82) is 0 Å². The highest BCUT2D eigenvalue weighted by molar-refractivity contribution is 7.80. The number of ether oxygens (including phenoxy) is 3. The highest BCUT2D eigenvalue weighted by atomic mass is 32.1. The molecule has 0 aromatic heterocycles. The second-order valence-electron chi connectivity index (χ2n) is 12.5. The zero-order valence-corrected chi connectivity index (χ0v) is 24.3. The molecule has 0 spiro atoms. The quantitative estimate of drug-likeness (QED) is 0.340. The van der Waals surface area contributed by atoms with Crippen LogP contribution in [0.4, 0.5) is 10.5 Å². The molecule has 1 aromatic rings. The van der Waals surface area contributed by atoms with Crippen LogP contribution in [0.25, 0.3) is 0 Å². The number of carbonyl (C=O) groups excluding carboxylic acids is 2. The molecule has 1 aromatic carbocycles. The largest absolute Gasteiger partial charge is 0.481 e. The summed E-state index contributed by atoms with van der Waals surface area (Å²) in [6.45, 7) is 15.2. The van der Waals surface area contributed by atoms with Crippen molar-refractivity contribution in [3.05, 3.63) is 23.8 Å². The van der Waals surface area contributed by atoms with Crippen molar-refractivity contribution in [3.63, 3.8) is 0 Å². The average molecular weight is 534 g/mol. The summed E-state index contributed by atoms with van der Waals surface area (Å²) >= 11 is 5.43. The summed E-state index contributed by atoms with van der Waals surface area (Å²) in [5, 5.41) is 6.42. The van der Waals surface area contributed by atoms with Gasteiger partial charge < -0.3 is 30.6 Å². The molecular formula is C28H43N3O5S. The van der Waals surface area contributed by atoms with E-state index in [2.05, 4.69) is 10.6 Å². The Hall–Kier alpha value is -2.39. The van der Waals surface area contributed by atoms with E-state index in [-0.39, 0.29) is 24.5 Å². The maximum absolute atomic E-state index is 13.2. The first-order valence-electron chi connectivity index (χ1n) is 13.0. The van der Waals surface area contributed by atoms with Gasteiger partial charge in [-0.1, -0.05) is 24.7 Å². The number of alkyl carbamates (subject to hydrolysis) is 1. The third-order valence-corrected chi connectivity index (χ3v) is 7.71. The minimum Gasteiger partial charge on any atom is -0.481 e. The Labute approximate surface area is 226 Å². The topological polar surface area (TPSA) is 112 Å². The Morgan fingerprint density at radius 2 is 1.81 bits per heavy atom. The van der Waals surface area contributed by atoms with Crippen molar-refractivity contribution in [1.82, 2.24) is 5.32 Å². The van der Waals surface area contributed by atoms with Crippen molar-refractivity contribution in [2.75, 3.05) is 11.9 Å². The molecule has 0 bridgehead atoms. The van der Waals surface area contributed by atoms with Gasteiger partial charge in [0.15, 0.2) is 0 Å². The Morgan fingerprint density at radius 3 is 2.41 bits per heavy atom. The first-order chi connectivity index (χ1) is 17.0. The highest BCUT2D eigenvalue weighted by Gasteiger charge is 2.53. The maximum atomic E-state index is 13.2. The van der Waals surface area contributed by atoms with E-state index in [0.29, 0.717) is 23.6 Å². The molecule has 9 heteroatoms. The fraction of sp³-hybridized carbons (Fsp3) is 0.679. The standard InChI is InChI=1S/C28H43N3O5S/c1-17-22(37)30-20-14-19(11-12-21(20)34-17)27(8,31-24(33)36-26(5,6)7)28(16-29)13-9-10-18(15-28)23(32)35-25(2,3)4/h11-12,14,17-18H,9-10,13,15-16,29H2,1-8H3,(H,30,37)(H,31,33). The van der Waals surface area contributed by atoms with Gasteiger partial charge in [-0.3, -0.25) is 4.79 Å². The van der Waals surface area contributed by atoms with Gasteiger partial charge in [0.05, 0.1) is 17.1 Å². The number of carbonyl (C=O) groups is 2. The fourth-order valence-electron chi connectivity index (χ4n) is 5.33. The van der Waals surface area contributed by atoms with Crippen LogP contribution >= 0.6 is 12.2 Å². The summed E-state index contributed by atoms with van der Waals surface area (Å²) in [4.78, 5) is 26.9. The third-order valence-electron chi connectivity index (χ3n) is 7.28. The van der Waals surface area contributed by atoms with E-state index in [9.17, 15) is 9.59 Å². The summed E-state index contributed by atoms with van der Waals surface area (Å²) in [6.07, 6.45) is 1.91. The van der Waals surface area contributed by atoms with Gasteiger partial charge in [0.2, 0.25) is 0 Å². The monoisotopic (exact) mass is 533 g/mol. The van der Waals surface area contributed by atoms with Crippen molar-refractivity contribution >= 4 is 35.0 Å². The number of hydrogen-bond donors (Lipinski definition) is 3. The van der Waals surface area contributed by atoms with Gasteiger partial charge in [-0.15, -0.1) is 0 Å². The zero-order valence-electron chi connectivity index (χ0n) is 23.4. The first kappa shape index (κ1) is 29.2. The minimum atomic E-state index is -0.966. The summed E-state index contributed by atoms with van der Waals surface area (Å²) in [6, 6.07) is 5.76. The number of rotatable bonds is 5. The molecular weight excluding hydrogens is 490 g/mol. The average Bonchev–Trinajstić information content (AvgIpc) is 2.77. The van der Waals surface area contributed by atoms with Crippen molar-refractivity contribution in [2.45, 2.75) is 104 Å². The number of anilines is 1. The highest BCUT2D eigenvalue weighted by Crippen LogP contribution is 2.52. The van der Waals surface area contributed by atoms with Crippen molar-refractivity contribution in [3.8, 4) is 5.75 Å². The van der Waals surface area contributed by atoms with Crippen LogP contribution in [0.15, 0.2) is 18.2 Å². The van der Waals surface area contributed by atoms with Crippen LogP contribution in [0.5, 0.6) is 5.75 Å². The second-order valence-corrected chi connectivity index (χ2v) is 13.0. The van der Waals surface area contributed by atoms with Gasteiger partial charge in [-0.25, -0.2) is 4.79 Å². The molecule has 4 atom stereocenters. The lowest BCUT2D eigenvalue weighted by molar-refractivity contribution is -0.163. The van der Waals surface area contributed by atoms with Crippen LogP contribution < -0.4 is 21.1 Å². The summed E-state index contributed by atoms with van der Waals surface area (Å²) in [5.74, 6) is 0.120. The maximum Gasteiger partial charge on any atom is 0.408 e. The number of nitrogens with two attached hydrogens (primary N) is 1. The molecule has 1 aliphatic heterocycles. The van der Waals surface area contributed by atoms with E-state index in [1.165, 1.54) is 0 Å². The molecule has 0 radical (unpaired) electrons. The number of benzene rings is 1. The molecule has 1 fully saturated rings. The molecule has 4 unspecified atom stereocenters. The molecule has 3 rings (SSSR count). The lowest BCUT2D eigenvalue weighted by atomic mass is 9.57. The van der Waals surface area contributed by atoms with Crippen LogP contribution in [0.3, 0.4) is 0 Å². The number of nitrogens with one attached hydrogen (secondary N) is 2. The summed E-state index contributed by atoms with van der Waals surface area (Å²) in [5.41, 5.74) is 5.20. The molecule has 1 amide bonds. The predicted octanol–water partition coefficient (Wildman–Crippen LogP) is 5.42. The summed E-state index contributed by atoms with van der Waals surface area (Å²) < 4.78 is 17.4. The lowest BCUT2D eigenvalue weighted by Crippen LogP contribution is -2.61. The fourth-order valence-corrected chi connectivity index (χ4v) is 5.49. The Balaban J connectivity index is 2.07. The molecule has 37 heavy (non-hydrogen) atoms. The smallest absolute Gasteiger partial charge is 0.408 e. The second kappa shape index (κ2) is 10.4. The van der Waals surface area contributed by atoms with Gasteiger partial charge >= 0.3 is 12.1 Å². The van der Waals surface area contributed by atoms with Crippen molar-refractivity contribution in [2.24, 2.45) is 17.1 Å². The third kappa shape index (κ3) is 6.55. The van der Waals surface area contributed by atoms with Crippen LogP contribution in [-0.4, -0.2) is 40.9 Å². The Bertz CT molecular complexity index is 1050. The minimum absolute atomic E-state index is 0.232. The SMILES string of the molecule is CC1Oc2ccc(C(C)(NC(=O)OC(C)(C)C)C3(CN)CCCC(C(=O)OC(C)(C)C)C3)cc2NC1=S.